The lowest BCUT2D eigenvalue weighted by Gasteiger charge is -2.36. The molecule has 0 bridgehead atoms. The van der Waals surface area contributed by atoms with Gasteiger partial charge < -0.3 is 9.84 Å². The molecule has 0 aromatic rings. The van der Waals surface area contributed by atoms with Gasteiger partial charge in [0.25, 0.3) is 0 Å². The maximum Gasteiger partial charge on any atom is 0.311 e. The van der Waals surface area contributed by atoms with Crippen molar-refractivity contribution < 1.29 is 14.6 Å². The van der Waals surface area contributed by atoms with Crippen molar-refractivity contribution in [3.8, 4) is 0 Å². The highest BCUT2D eigenvalue weighted by molar-refractivity contribution is 5.74. The zero-order chi connectivity index (χ0) is 11.5. The summed E-state index contributed by atoms with van der Waals surface area (Å²) in [4.78, 5) is 11.5. The number of carbonyl (C=O) groups excluding carboxylic acids is 1. The SMILES string of the molecule is COC(=O)C(C(C)C)C(C)(O)C(C)C. The first-order chi connectivity index (χ1) is 6.25. The fourth-order valence-corrected chi connectivity index (χ4v) is 1.67. The van der Waals surface area contributed by atoms with E-state index < -0.39 is 11.5 Å². The van der Waals surface area contributed by atoms with E-state index in [1.165, 1.54) is 7.11 Å². The van der Waals surface area contributed by atoms with Gasteiger partial charge in [0.1, 0.15) is 0 Å². The van der Waals surface area contributed by atoms with Crippen molar-refractivity contribution in [1.82, 2.24) is 0 Å². The highest BCUT2D eigenvalue weighted by Crippen LogP contribution is 2.32. The molecule has 0 aliphatic carbocycles. The number of hydrogen-bond donors (Lipinski definition) is 1. The Kier molecular flexibility index (Phi) is 4.59. The molecule has 0 saturated heterocycles. The van der Waals surface area contributed by atoms with Gasteiger partial charge in [-0.2, -0.15) is 0 Å². The number of methoxy groups -OCH3 is 1. The van der Waals surface area contributed by atoms with Crippen molar-refractivity contribution in [1.29, 1.82) is 0 Å². The molecule has 84 valence electrons. The lowest BCUT2D eigenvalue weighted by molar-refractivity contribution is -0.161. The van der Waals surface area contributed by atoms with Crippen LogP contribution in [0.25, 0.3) is 0 Å². The molecular weight excluding hydrogens is 180 g/mol. The number of aliphatic hydroxyl groups is 1. The highest BCUT2D eigenvalue weighted by Gasteiger charge is 2.42. The predicted molar refractivity (Wildman–Crippen MR) is 55.8 cm³/mol. The number of ether oxygens (including phenoxy) is 1. The van der Waals surface area contributed by atoms with Gasteiger partial charge in [-0.05, 0) is 18.8 Å². The number of esters is 1. The van der Waals surface area contributed by atoms with Crippen LogP contribution in [0.1, 0.15) is 34.6 Å². The molecule has 0 aromatic carbocycles. The minimum atomic E-state index is -1.01. The van der Waals surface area contributed by atoms with Gasteiger partial charge >= 0.3 is 5.97 Å². The van der Waals surface area contributed by atoms with Gasteiger partial charge in [0.15, 0.2) is 0 Å². The maximum atomic E-state index is 11.5. The Balaban J connectivity index is 4.91. The molecule has 14 heavy (non-hydrogen) atoms. The van der Waals surface area contributed by atoms with E-state index >= 15 is 0 Å². The van der Waals surface area contributed by atoms with E-state index in [-0.39, 0.29) is 17.8 Å². The summed E-state index contributed by atoms with van der Waals surface area (Å²) < 4.78 is 4.71. The fourth-order valence-electron chi connectivity index (χ4n) is 1.67. The van der Waals surface area contributed by atoms with E-state index in [0.29, 0.717) is 0 Å². The van der Waals surface area contributed by atoms with E-state index in [1.807, 2.05) is 27.7 Å². The normalized spacial score (nSPS) is 18.1. The van der Waals surface area contributed by atoms with Crippen LogP contribution in [-0.4, -0.2) is 23.8 Å². The summed E-state index contributed by atoms with van der Waals surface area (Å²) in [6, 6.07) is 0. The summed E-state index contributed by atoms with van der Waals surface area (Å²) in [6.07, 6.45) is 0. The van der Waals surface area contributed by atoms with Crippen LogP contribution < -0.4 is 0 Å². The molecule has 3 heteroatoms. The first-order valence-corrected chi connectivity index (χ1v) is 5.05. The van der Waals surface area contributed by atoms with Gasteiger partial charge in [0.2, 0.25) is 0 Å². The molecule has 0 rings (SSSR count). The third kappa shape index (κ3) is 2.71. The predicted octanol–water partition coefficient (Wildman–Crippen LogP) is 1.84. The van der Waals surface area contributed by atoms with E-state index in [9.17, 15) is 9.90 Å². The van der Waals surface area contributed by atoms with Crippen LogP contribution in [0.5, 0.6) is 0 Å². The van der Waals surface area contributed by atoms with Crippen molar-refractivity contribution in [2.24, 2.45) is 17.8 Å². The van der Waals surface area contributed by atoms with Gasteiger partial charge in [0, 0.05) is 0 Å². The van der Waals surface area contributed by atoms with Crippen molar-refractivity contribution in [3.63, 3.8) is 0 Å². The molecule has 0 aromatic heterocycles. The molecule has 0 spiro atoms. The molecule has 0 fully saturated rings. The summed E-state index contributed by atoms with van der Waals surface area (Å²) in [5.74, 6) is -0.708. The minimum Gasteiger partial charge on any atom is -0.469 e. The average molecular weight is 202 g/mol. The Bertz CT molecular complexity index is 195. The maximum absolute atomic E-state index is 11.5. The molecule has 3 nitrogen and oxygen atoms in total. The van der Waals surface area contributed by atoms with Gasteiger partial charge in [0.05, 0.1) is 18.6 Å². The number of carbonyl (C=O) groups is 1. The second-order valence-corrected chi connectivity index (χ2v) is 4.63. The van der Waals surface area contributed by atoms with Gasteiger partial charge in [-0.3, -0.25) is 4.79 Å². The third-order valence-corrected chi connectivity index (χ3v) is 2.92. The van der Waals surface area contributed by atoms with Crippen LogP contribution in [0.3, 0.4) is 0 Å². The zero-order valence-electron chi connectivity index (χ0n) is 10.00. The molecule has 0 amide bonds. The van der Waals surface area contributed by atoms with E-state index in [2.05, 4.69) is 0 Å². The summed E-state index contributed by atoms with van der Waals surface area (Å²) in [7, 11) is 1.36. The van der Waals surface area contributed by atoms with Crippen LogP contribution in [0.15, 0.2) is 0 Å². The standard InChI is InChI=1S/C11H22O3/c1-7(2)9(10(12)14-6)11(5,13)8(3)4/h7-9,13H,1-6H3. The van der Waals surface area contributed by atoms with Crippen LogP contribution in [0, 0.1) is 17.8 Å². The van der Waals surface area contributed by atoms with Crippen molar-refractivity contribution in [2.45, 2.75) is 40.2 Å². The second-order valence-electron chi connectivity index (χ2n) is 4.63. The summed E-state index contributed by atoms with van der Waals surface area (Å²) >= 11 is 0. The molecule has 0 heterocycles. The van der Waals surface area contributed by atoms with Crippen molar-refractivity contribution in [3.05, 3.63) is 0 Å². The molecule has 0 aliphatic rings. The Morgan fingerprint density at radius 2 is 1.71 bits per heavy atom. The lowest BCUT2D eigenvalue weighted by atomic mass is 9.74. The Morgan fingerprint density at radius 1 is 1.29 bits per heavy atom. The second kappa shape index (κ2) is 4.78. The summed E-state index contributed by atoms with van der Waals surface area (Å²) in [5, 5.41) is 10.2. The molecule has 2 atom stereocenters. The third-order valence-electron chi connectivity index (χ3n) is 2.92. The van der Waals surface area contributed by atoms with Crippen LogP contribution in [-0.2, 0) is 9.53 Å². The Labute approximate surface area is 86.5 Å². The number of hydrogen-bond acceptors (Lipinski definition) is 3. The first-order valence-electron chi connectivity index (χ1n) is 5.05. The molecule has 0 radical (unpaired) electrons. The van der Waals surface area contributed by atoms with Crippen LogP contribution >= 0.6 is 0 Å². The number of rotatable bonds is 4. The van der Waals surface area contributed by atoms with Gasteiger partial charge in [-0.15, -0.1) is 0 Å². The van der Waals surface area contributed by atoms with Crippen molar-refractivity contribution >= 4 is 5.97 Å². The monoisotopic (exact) mass is 202 g/mol. The van der Waals surface area contributed by atoms with Crippen LogP contribution in [0.2, 0.25) is 0 Å². The lowest BCUT2D eigenvalue weighted by Crippen LogP contribution is -2.47. The molecule has 0 aliphatic heterocycles. The van der Waals surface area contributed by atoms with E-state index in [0.717, 1.165) is 0 Å². The smallest absolute Gasteiger partial charge is 0.311 e. The van der Waals surface area contributed by atoms with Gasteiger partial charge in [-0.1, -0.05) is 27.7 Å². The largest absolute Gasteiger partial charge is 0.469 e. The van der Waals surface area contributed by atoms with Gasteiger partial charge in [-0.25, -0.2) is 0 Å². The Hall–Kier alpha value is -0.570. The molecule has 2 unspecified atom stereocenters. The quantitative estimate of drug-likeness (QED) is 0.707. The minimum absolute atomic E-state index is 0.0222. The summed E-state index contributed by atoms with van der Waals surface area (Å²) in [5.41, 5.74) is -1.01. The van der Waals surface area contributed by atoms with Crippen LogP contribution in [0.4, 0.5) is 0 Å². The fraction of sp³-hybridized carbons (Fsp3) is 0.909. The van der Waals surface area contributed by atoms with E-state index in [1.54, 1.807) is 6.92 Å². The summed E-state index contributed by atoms with van der Waals surface area (Å²) in [6.45, 7) is 9.33. The van der Waals surface area contributed by atoms with E-state index in [4.69, 9.17) is 4.74 Å². The zero-order valence-corrected chi connectivity index (χ0v) is 10.00. The molecule has 1 N–H and O–H groups in total. The molecular formula is C11H22O3. The Morgan fingerprint density at radius 3 is 1.93 bits per heavy atom. The molecule has 0 saturated carbocycles. The average Bonchev–Trinajstić information content (AvgIpc) is 2.02. The topological polar surface area (TPSA) is 46.5 Å². The first kappa shape index (κ1) is 13.4. The highest BCUT2D eigenvalue weighted by atomic mass is 16.5. The van der Waals surface area contributed by atoms with Crippen molar-refractivity contribution in [2.75, 3.05) is 7.11 Å².